The number of carbonyl (C=O) groups is 1. The lowest BCUT2D eigenvalue weighted by atomic mass is 10.2. The van der Waals surface area contributed by atoms with Crippen molar-refractivity contribution < 1.29 is 19.4 Å². The van der Waals surface area contributed by atoms with Crippen LogP contribution in [0.1, 0.15) is 12.5 Å². The molecule has 0 amide bonds. The molecule has 0 aliphatic carbocycles. The van der Waals surface area contributed by atoms with Crippen LogP contribution in [0.15, 0.2) is 48.5 Å². The van der Waals surface area contributed by atoms with E-state index in [9.17, 15) is 9.90 Å². The van der Waals surface area contributed by atoms with E-state index < -0.39 is 0 Å². The minimum atomic E-state index is -0.303. The highest BCUT2D eigenvalue weighted by Crippen LogP contribution is 2.30. The summed E-state index contributed by atoms with van der Waals surface area (Å²) < 4.78 is 10.4. The lowest BCUT2D eigenvalue weighted by molar-refractivity contribution is -0.143. The van der Waals surface area contributed by atoms with Gasteiger partial charge in [-0.25, -0.2) is 0 Å². The first-order valence-corrected chi connectivity index (χ1v) is 7.45. The van der Waals surface area contributed by atoms with Crippen molar-refractivity contribution in [1.29, 1.82) is 0 Å². The van der Waals surface area contributed by atoms with Gasteiger partial charge in [-0.15, -0.1) is 0 Å². The standard InChI is InChI=1S/C18H21NO4/c1-3-19(15-9-10-16(20)17(11-15)22-2)12-18(21)23-13-14-7-5-4-6-8-14/h4-11,20H,3,12-13H2,1-2H3. The average molecular weight is 315 g/mol. The Morgan fingerprint density at radius 3 is 2.57 bits per heavy atom. The van der Waals surface area contributed by atoms with E-state index in [1.165, 1.54) is 7.11 Å². The lowest BCUT2D eigenvalue weighted by Crippen LogP contribution is -2.30. The summed E-state index contributed by atoms with van der Waals surface area (Å²) in [5.74, 6) is 0.139. The van der Waals surface area contributed by atoms with Crippen molar-refractivity contribution in [2.45, 2.75) is 13.5 Å². The van der Waals surface area contributed by atoms with Crippen molar-refractivity contribution >= 4 is 11.7 Å². The van der Waals surface area contributed by atoms with E-state index >= 15 is 0 Å². The van der Waals surface area contributed by atoms with Crippen LogP contribution in [-0.4, -0.2) is 31.3 Å². The molecule has 0 heterocycles. The van der Waals surface area contributed by atoms with Crippen molar-refractivity contribution in [3.8, 4) is 11.5 Å². The second-order valence-corrected chi connectivity index (χ2v) is 5.02. The van der Waals surface area contributed by atoms with E-state index in [-0.39, 0.29) is 24.9 Å². The van der Waals surface area contributed by atoms with E-state index in [4.69, 9.17) is 9.47 Å². The predicted molar refractivity (Wildman–Crippen MR) is 88.8 cm³/mol. The first-order chi connectivity index (χ1) is 11.1. The molecule has 0 saturated heterocycles. The fourth-order valence-corrected chi connectivity index (χ4v) is 2.19. The number of phenolic OH excluding ortho intramolecular Hbond substituents is 1. The van der Waals surface area contributed by atoms with E-state index in [1.54, 1.807) is 18.2 Å². The number of phenols is 1. The van der Waals surface area contributed by atoms with Crippen molar-refractivity contribution in [3.63, 3.8) is 0 Å². The second kappa shape index (κ2) is 8.08. The van der Waals surface area contributed by atoms with Crippen LogP contribution < -0.4 is 9.64 Å². The molecule has 23 heavy (non-hydrogen) atoms. The molecule has 0 spiro atoms. The molecule has 0 aromatic heterocycles. The number of hydrogen-bond donors (Lipinski definition) is 1. The first-order valence-electron chi connectivity index (χ1n) is 7.45. The molecule has 0 atom stereocenters. The van der Waals surface area contributed by atoms with Gasteiger partial charge < -0.3 is 19.5 Å². The maximum Gasteiger partial charge on any atom is 0.325 e. The van der Waals surface area contributed by atoms with Crippen LogP contribution in [0.25, 0.3) is 0 Å². The number of carbonyl (C=O) groups excluding carboxylic acids is 1. The highest BCUT2D eigenvalue weighted by atomic mass is 16.5. The zero-order valence-electron chi connectivity index (χ0n) is 13.4. The number of anilines is 1. The quantitative estimate of drug-likeness (QED) is 0.796. The van der Waals surface area contributed by atoms with Crippen molar-refractivity contribution in [3.05, 3.63) is 54.1 Å². The summed E-state index contributed by atoms with van der Waals surface area (Å²) in [7, 11) is 1.49. The number of nitrogens with zero attached hydrogens (tertiary/aromatic N) is 1. The number of methoxy groups -OCH3 is 1. The lowest BCUT2D eigenvalue weighted by Gasteiger charge is -2.22. The van der Waals surface area contributed by atoms with Gasteiger partial charge in [0.25, 0.3) is 0 Å². The summed E-state index contributed by atoms with van der Waals surface area (Å²) in [4.78, 5) is 13.9. The zero-order valence-corrected chi connectivity index (χ0v) is 13.4. The Hall–Kier alpha value is -2.69. The monoisotopic (exact) mass is 315 g/mol. The Morgan fingerprint density at radius 1 is 1.17 bits per heavy atom. The van der Waals surface area contributed by atoms with Crippen LogP contribution in [-0.2, 0) is 16.1 Å². The molecule has 0 unspecified atom stereocenters. The molecule has 0 aliphatic rings. The van der Waals surface area contributed by atoms with Gasteiger partial charge >= 0.3 is 5.97 Å². The van der Waals surface area contributed by atoms with Crippen molar-refractivity contribution in [1.82, 2.24) is 0 Å². The number of hydrogen-bond acceptors (Lipinski definition) is 5. The summed E-state index contributed by atoms with van der Waals surface area (Å²) in [6.07, 6.45) is 0. The van der Waals surface area contributed by atoms with Crippen LogP contribution in [0.3, 0.4) is 0 Å². The molecule has 2 rings (SSSR count). The smallest absolute Gasteiger partial charge is 0.325 e. The third-order valence-corrected chi connectivity index (χ3v) is 3.47. The average Bonchev–Trinajstić information content (AvgIpc) is 2.59. The maximum absolute atomic E-state index is 12.0. The number of benzene rings is 2. The third kappa shape index (κ3) is 4.64. The molecule has 0 saturated carbocycles. The molecule has 122 valence electrons. The number of rotatable bonds is 7. The Morgan fingerprint density at radius 2 is 1.91 bits per heavy atom. The van der Waals surface area contributed by atoms with Gasteiger partial charge in [-0.05, 0) is 24.6 Å². The topological polar surface area (TPSA) is 59.0 Å². The van der Waals surface area contributed by atoms with Gasteiger partial charge in [0, 0.05) is 18.3 Å². The van der Waals surface area contributed by atoms with Crippen LogP contribution in [0.5, 0.6) is 11.5 Å². The largest absolute Gasteiger partial charge is 0.504 e. The minimum absolute atomic E-state index is 0.0685. The Kier molecular flexibility index (Phi) is 5.86. The minimum Gasteiger partial charge on any atom is -0.504 e. The van der Waals surface area contributed by atoms with E-state index in [0.717, 1.165) is 11.3 Å². The molecular formula is C18H21NO4. The SMILES string of the molecule is CCN(CC(=O)OCc1ccccc1)c1ccc(O)c(OC)c1. The van der Waals surface area contributed by atoms with Gasteiger partial charge in [0.1, 0.15) is 13.2 Å². The third-order valence-electron chi connectivity index (χ3n) is 3.47. The number of aromatic hydroxyl groups is 1. The molecule has 5 nitrogen and oxygen atoms in total. The molecule has 2 aromatic rings. The van der Waals surface area contributed by atoms with E-state index in [2.05, 4.69) is 0 Å². The van der Waals surface area contributed by atoms with Gasteiger partial charge in [-0.1, -0.05) is 30.3 Å². The summed E-state index contributed by atoms with van der Waals surface area (Å²) >= 11 is 0. The van der Waals surface area contributed by atoms with Gasteiger partial charge in [0.2, 0.25) is 0 Å². The molecule has 0 fully saturated rings. The van der Waals surface area contributed by atoms with Crippen molar-refractivity contribution in [2.75, 3.05) is 25.1 Å². The van der Waals surface area contributed by atoms with E-state index in [0.29, 0.717) is 12.3 Å². The molecular weight excluding hydrogens is 294 g/mol. The summed E-state index contributed by atoms with van der Waals surface area (Å²) in [5.41, 5.74) is 1.74. The van der Waals surface area contributed by atoms with Crippen LogP contribution in [0, 0.1) is 0 Å². The number of esters is 1. The first kappa shape index (κ1) is 16.7. The summed E-state index contributed by atoms with van der Waals surface area (Å²) in [6, 6.07) is 14.5. The normalized spacial score (nSPS) is 10.2. The molecule has 0 aliphatic heterocycles. The molecule has 2 aromatic carbocycles. The van der Waals surface area contributed by atoms with E-state index in [1.807, 2.05) is 42.2 Å². The van der Waals surface area contributed by atoms with Gasteiger partial charge in [0.05, 0.1) is 7.11 Å². The molecule has 5 heteroatoms. The Balaban J connectivity index is 1.97. The molecule has 0 radical (unpaired) electrons. The van der Waals surface area contributed by atoms with Crippen molar-refractivity contribution in [2.24, 2.45) is 0 Å². The zero-order chi connectivity index (χ0) is 16.7. The van der Waals surface area contributed by atoms with Gasteiger partial charge in [-0.2, -0.15) is 0 Å². The maximum atomic E-state index is 12.0. The van der Waals surface area contributed by atoms with Crippen LogP contribution in [0.4, 0.5) is 5.69 Å². The molecule has 0 bridgehead atoms. The Labute approximate surface area is 136 Å². The molecule has 1 N–H and O–H groups in total. The Bertz CT molecular complexity index is 643. The number of likely N-dealkylation sites (N-methyl/N-ethyl adjacent to an activating group) is 1. The second-order valence-electron chi connectivity index (χ2n) is 5.02. The summed E-state index contributed by atoms with van der Waals surface area (Å²) in [6.45, 7) is 2.98. The van der Waals surface area contributed by atoms with Crippen LogP contribution in [0.2, 0.25) is 0 Å². The van der Waals surface area contributed by atoms with Crippen LogP contribution >= 0.6 is 0 Å². The summed E-state index contributed by atoms with van der Waals surface area (Å²) in [5, 5.41) is 9.65. The fraction of sp³-hybridized carbons (Fsp3) is 0.278. The highest BCUT2D eigenvalue weighted by molar-refractivity contribution is 5.76. The van der Waals surface area contributed by atoms with Gasteiger partial charge in [-0.3, -0.25) is 4.79 Å². The fourth-order valence-electron chi connectivity index (χ4n) is 2.19. The predicted octanol–water partition coefficient (Wildman–Crippen LogP) is 2.97. The highest BCUT2D eigenvalue weighted by Gasteiger charge is 2.13. The number of ether oxygens (including phenoxy) is 2. The van der Waals surface area contributed by atoms with Gasteiger partial charge in [0.15, 0.2) is 11.5 Å².